The minimum atomic E-state index is 0.659. The van der Waals surface area contributed by atoms with Crippen LogP contribution in [0.25, 0.3) is 0 Å². The molecule has 0 radical (unpaired) electrons. The van der Waals surface area contributed by atoms with Gasteiger partial charge in [-0.05, 0) is 104 Å². The summed E-state index contributed by atoms with van der Waals surface area (Å²) >= 11 is 0. The van der Waals surface area contributed by atoms with E-state index in [1.54, 1.807) is 0 Å². The van der Waals surface area contributed by atoms with Crippen molar-refractivity contribution in [3.8, 4) is 0 Å². The normalized spacial score (nSPS) is 24.1. The van der Waals surface area contributed by atoms with Crippen molar-refractivity contribution in [2.45, 2.75) is 79.1 Å². The molecular formula is C22H49N3. The highest BCUT2D eigenvalue weighted by atomic mass is 15.1. The van der Waals surface area contributed by atoms with E-state index >= 15 is 0 Å². The lowest BCUT2D eigenvalue weighted by atomic mass is 9.78. The zero-order valence-corrected chi connectivity index (χ0v) is 18.7. The van der Waals surface area contributed by atoms with Crippen molar-refractivity contribution < 1.29 is 0 Å². The first-order valence-corrected chi connectivity index (χ1v) is 11.0. The van der Waals surface area contributed by atoms with E-state index in [-0.39, 0.29) is 0 Å². The molecule has 0 spiro atoms. The molecule has 3 nitrogen and oxygen atoms in total. The van der Waals surface area contributed by atoms with Crippen molar-refractivity contribution in [1.29, 1.82) is 0 Å². The van der Waals surface area contributed by atoms with Crippen LogP contribution in [-0.4, -0.2) is 75.1 Å². The van der Waals surface area contributed by atoms with E-state index in [9.17, 15) is 0 Å². The average Bonchev–Trinajstić information content (AvgIpc) is 3.12. The van der Waals surface area contributed by atoms with E-state index < -0.39 is 0 Å². The smallest absolute Gasteiger partial charge is 0.00166 e. The summed E-state index contributed by atoms with van der Waals surface area (Å²) in [6.07, 6.45) is 11.2. The predicted molar refractivity (Wildman–Crippen MR) is 115 cm³/mol. The van der Waals surface area contributed by atoms with Gasteiger partial charge in [0.15, 0.2) is 0 Å². The van der Waals surface area contributed by atoms with Crippen molar-refractivity contribution in [3.63, 3.8) is 0 Å². The Balaban J connectivity index is 0.000000340. The average molecular weight is 356 g/mol. The molecule has 3 rings (SSSR count). The first kappa shape index (κ1) is 24.9. The molecular weight excluding hydrogens is 306 g/mol. The number of rotatable bonds is 1. The number of likely N-dealkylation sites (tertiary alicyclic amines) is 3. The van der Waals surface area contributed by atoms with Gasteiger partial charge >= 0.3 is 0 Å². The van der Waals surface area contributed by atoms with Gasteiger partial charge in [0.05, 0.1) is 0 Å². The summed E-state index contributed by atoms with van der Waals surface area (Å²) in [4.78, 5) is 7.18. The molecule has 0 aromatic rings. The Morgan fingerprint density at radius 3 is 1.16 bits per heavy atom. The van der Waals surface area contributed by atoms with Gasteiger partial charge in [-0.15, -0.1) is 0 Å². The second-order valence-electron chi connectivity index (χ2n) is 8.34. The van der Waals surface area contributed by atoms with Crippen LogP contribution in [0.4, 0.5) is 0 Å². The van der Waals surface area contributed by atoms with E-state index in [1.807, 2.05) is 13.8 Å². The van der Waals surface area contributed by atoms with Crippen LogP contribution in [0.5, 0.6) is 0 Å². The molecule has 3 heteroatoms. The van der Waals surface area contributed by atoms with Crippen LogP contribution >= 0.6 is 0 Å². The van der Waals surface area contributed by atoms with Crippen molar-refractivity contribution in [3.05, 3.63) is 0 Å². The minimum Gasteiger partial charge on any atom is -0.306 e. The maximum absolute atomic E-state index is 2.43. The van der Waals surface area contributed by atoms with Gasteiger partial charge in [-0.25, -0.2) is 0 Å². The van der Waals surface area contributed by atoms with Crippen molar-refractivity contribution >= 4 is 0 Å². The Bertz CT molecular complexity index is 273. The van der Waals surface area contributed by atoms with E-state index in [0.717, 1.165) is 0 Å². The molecule has 0 aliphatic carbocycles. The molecule has 0 atom stereocenters. The molecule has 3 saturated heterocycles. The van der Waals surface area contributed by atoms with Crippen LogP contribution in [0.15, 0.2) is 0 Å². The zero-order chi connectivity index (χ0) is 19.1. The highest BCUT2D eigenvalue weighted by molar-refractivity contribution is 4.79. The summed E-state index contributed by atoms with van der Waals surface area (Å²) in [5.41, 5.74) is 0.659. The molecule has 0 bridgehead atoms. The number of nitrogens with zero attached hydrogens (tertiary/aromatic N) is 3. The third-order valence-corrected chi connectivity index (χ3v) is 5.96. The third-order valence-electron chi connectivity index (χ3n) is 5.96. The molecule has 3 heterocycles. The topological polar surface area (TPSA) is 9.72 Å². The highest BCUT2D eigenvalue weighted by Gasteiger charge is 2.26. The van der Waals surface area contributed by atoms with Crippen molar-refractivity contribution in [2.24, 2.45) is 5.41 Å². The van der Waals surface area contributed by atoms with Gasteiger partial charge in [-0.2, -0.15) is 0 Å². The molecule has 25 heavy (non-hydrogen) atoms. The Morgan fingerprint density at radius 2 is 0.920 bits per heavy atom. The Morgan fingerprint density at radius 1 is 0.600 bits per heavy atom. The monoisotopic (exact) mass is 355 g/mol. The van der Waals surface area contributed by atoms with Crippen LogP contribution in [-0.2, 0) is 0 Å². The van der Waals surface area contributed by atoms with Crippen LogP contribution < -0.4 is 0 Å². The van der Waals surface area contributed by atoms with Gasteiger partial charge in [0.2, 0.25) is 0 Å². The van der Waals surface area contributed by atoms with E-state index in [4.69, 9.17) is 0 Å². The maximum atomic E-state index is 2.43. The highest BCUT2D eigenvalue weighted by Crippen LogP contribution is 2.33. The van der Waals surface area contributed by atoms with Gasteiger partial charge in [-0.1, -0.05) is 40.5 Å². The van der Waals surface area contributed by atoms with E-state index in [1.165, 1.54) is 90.6 Å². The summed E-state index contributed by atoms with van der Waals surface area (Å²) in [5, 5.41) is 0. The SMILES string of the molecule is CC.CCC1(C)CCN(C)CC1.CN1CCCC1.CN1CCCCC1. The molecule has 0 aromatic carbocycles. The summed E-state index contributed by atoms with van der Waals surface area (Å²) in [6, 6.07) is 0. The fourth-order valence-corrected chi connectivity index (χ4v) is 3.44. The van der Waals surface area contributed by atoms with E-state index in [0.29, 0.717) is 5.41 Å². The molecule has 0 N–H and O–H groups in total. The summed E-state index contributed by atoms with van der Waals surface area (Å²) in [6.45, 7) is 16.6. The molecule has 0 saturated carbocycles. The van der Waals surface area contributed by atoms with Gasteiger partial charge < -0.3 is 14.7 Å². The van der Waals surface area contributed by atoms with E-state index in [2.05, 4.69) is 49.7 Å². The first-order valence-electron chi connectivity index (χ1n) is 11.0. The summed E-state index contributed by atoms with van der Waals surface area (Å²) < 4.78 is 0. The standard InChI is InChI=1S/C9H19N.C6H13N.C5H11N.C2H6/c1-4-9(2)5-7-10(3)8-6-9;1-7-5-3-2-4-6-7;1-6-4-2-3-5-6;1-2/h4-8H2,1-3H3;2-6H2,1H3;2-5H2,1H3;1-2H3. The first-order chi connectivity index (χ1) is 11.9. The van der Waals surface area contributed by atoms with Crippen LogP contribution in [0.1, 0.15) is 79.1 Å². The molecule has 3 fully saturated rings. The zero-order valence-electron chi connectivity index (χ0n) is 18.7. The van der Waals surface area contributed by atoms with Crippen molar-refractivity contribution in [2.75, 3.05) is 60.4 Å². The summed E-state index contributed by atoms with van der Waals surface area (Å²) in [5.74, 6) is 0. The minimum absolute atomic E-state index is 0.659. The number of hydrogen-bond acceptors (Lipinski definition) is 3. The van der Waals surface area contributed by atoms with Crippen LogP contribution in [0.2, 0.25) is 0 Å². The van der Waals surface area contributed by atoms with Gasteiger partial charge in [0, 0.05) is 0 Å². The lowest BCUT2D eigenvalue weighted by Gasteiger charge is -2.37. The lowest BCUT2D eigenvalue weighted by molar-refractivity contribution is 0.135. The Hall–Kier alpha value is -0.120. The van der Waals surface area contributed by atoms with Crippen LogP contribution in [0, 0.1) is 5.41 Å². The van der Waals surface area contributed by atoms with Crippen LogP contribution in [0.3, 0.4) is 0 Å². The lowest BCUT2D eigenvalue weighted by Crippen LogP contribution is -2.35. The Kier molecular flexibility index (Phi) is 14.9. The molecule has 3 aliphatic heterocycles. The maximum Gasteiger partial charge on any atom is -0.00166 e. The van der Waals surface area contributed by atoms with Crippen molar-refractivity contribution in [1.82, 2.24) is 14.7 Å². The fraction of sp³-hybridized carbons (Fsp3) is 1.00. The number of piperidine rings is 2. The quantitative estimate of drug-likeness (QED) is 0.657. The fourth-order valence-electron chi connectivity index (χ4n) is 3.44. The summed E-state index contributed by atoms with van der Waals surface area (Å²) in [7, 11) is 6.58. The molecule has 0 amide bonds. The third kappa shape index (κ3) is 12.8. The molecule has 0 aromatic heterocycles. The molecule has 3 aliphatic rings. The largest absolute Gasteiger partial charge is 0.306 e. The second kappa shape index (κ2) is 15.0. The molecule has 0 unspecified atom stereocenters. The van der Waals surface area contributed by atoms with Gasteiger partial charge in [-0.3, -0.25) is 0 Å². The number of hydrogen-bond donors (Lipinski definition) is 0. The second-order valence-corrected chi connectivity index (χ2v) is 8.34. The molecule has 152 valence electrons. The van der Waals surface area contributed by atoms with Gasteiger partial charge in [0.1, 0.15) is 0 Å². The Labute approximate surface area is 160 Å². The van der Waals surface area contributed by atoms with Gasteiger partial charge in [0.25, 0.3) is 0 Å². The predicted octanol–water partition coefficient (Wildman–Crippen LogP) is 4.97.